The summed E-state index contributed by atoms with van der Waals surface area (Å²) in [5.41, 5.74) is 1.65. The number of aromatic nitrogens is 2. The Bertz CT molecular complexity index is 851. The quantitative estimate of drug-likeness (QED) is 0.471. The predicted octanol–water partition coefficient (Wildman–Crippen LogP) is 3.88. The Morgan fingerprint density at radius 3 is 1.35 bits per heavy atom. The van der Waals surface area contributed by atoms with Crippen molar-refractivity contribution in [3.05, 3.63) is 72.8 Å². The second-order valence-electron chi connectivity index (χ2n) is 4.72. The average Bonchev–Trinajstić information content (AvgIpc) is 2.55. The van der Waals surface area contributed by atoms with E-state index in [0.717, 1.165) is 21.8 Å². The van der Waals surface area contributed by atoms with Gasteiger partial charge in [-0.25, -0.2) is 9.97 Å². The standard InChI is InChI=1S/2C9H7NO.Cu/c2*11-9-6-5-7-3-1-2-4-8(7)10-9;/h2*1-6H,(H,10,11);. The average molecular weight is 354 g/mol. The third kappa shape index (κ3) is 4.19. The Balaban J connectivity index is 0.000000160. The van der Waals surface area contributed by atoms with Crippen LogP contribution in [0.3, 0.4) is 0 Å². The van der Waals surface area contributed by atoms with Gasteiger partial charge in [-0.1, -0.05) is 36.4 Å². The molecule has 0 fully saturated rings. The van der Waals surface area contributed by atoms with Crippen molar-refractivity contribution in [2.45, 2.75) is 0 Å². The normalized spacial score (nSPS) is 9.74. The van der Waals surface area contributed by atoms with Crippen LogP contribution in [0.25, 0.3) is 21.8 Å². The molecule has 0 spiro atoms. The summed E-state index contributed by atoms with van der Waals surface area (Å²) < 4.78 is 0. The molecule has 4 rings (SSSR count). The number of rotatable bonds is 0. The van der Waals surface area contributed by atoms with E-state index in [0.29, 0.717) is 0 Å². The van der Waals surface area contributed by atoms with Gasteiger partial charge in [0.05, 0.1) is 11.0 Å². The number of nitrogens with zero attached hydrogens (tertiary/aromatic N) is 2. The second kappa shape index (κ2) is 7.58. The van der Waals surface area contributed by atoms with Crippen LogP contribution >= 0.6 is 0 Å². The Morgan fingerprint density at radius 2 is 0.913 bits per heavy atom. The Morgan fingerprint density at radius 1 is 0.522 bits per heavy atom. The molecule has 0 amide bonds. The number of fused-ring (bicyclic) bond motifs is 2. The summed E-state index contributed by atoms with van der Waals surface area (Å²) in [6, 6.07) is 22.2. The number of para-hydroxylation sites is 2. The number of pyridine rings is 2. The van der Waals surface area contributed by atoms with Gasteiger partial charge in [0.1, 0.15) is 0 Å². The van der Waals surface area contributed by atoms with Crippen LogP contribution in [0.5, 0.6) is 11.8 Å². The van der Waals surface area contributed by atoms with Crippen molar-refractivity contribution in [3.63, 3.8) is 0 Å². The van der Waals surface area contributed by atoms with Crippen molar-refractivity contribution >= 4 is 21.8 Å². The summed E-state index contributed by atoms with van der Waals surface area (Å²) in [5, 5.41) is 20.1. The maximum atomic E-state index is 9.02. The third-order valence-corrected chi connectivity index (χ3v) is 3.17. The molecule has 0 unspecified atom stereocenters. The minimum atomic E-state index is 0. The first-order chi connectivity index (χ1) is 10.7. The molecule has 2 heterocycles. The van der Waals surface area contributed by atoms with Gasteiger partial charge in [0.2, 0.25) is 11.8 Å². The fourth-order valence-electron chi connectivity index (χ4n) is 2.11. The van der Waals surface area contributed by atoms with Crippen LogP contribution in [0.15, 0.2) is 72.8 Å². The first kappa shape index (κ1) is 16.7. The Hall–Kier alpha value is -2.62. The summed E-state index contributed by atoms with van der Waals surface area (Å²) in [6.45, 7) is 0. The molecule has 0 aliphatic heterocycles. The van der Waals surface area contributed by atoms with Gasteiger partial charge in [0.15, 0.2) is 0 Å². The maximum Gasteiger partial charge on any atom is 0.211 e. The van der Waals surface area contributed by atoms with Gasteiger partial charge in [-0.05, 0) is 24.3 Å². The molecule has 0 bridgehead atoms. The topological polar surface area (TPSA) is 66.2 Å². The van der Waals surface area contributed by atoms with Crippen LogP contribution in [-0.4, -0.2) is 20.2 Å². The minimum Gasteiger partial charge on any atom is -0.493 e. The smallest absolute Gasteiger partial charge is 0.211 e. The van der Waals surface area contributed by atoms with Crippen LogP contribution in [-0.2, 0) is 17.1 Å². The Labute approximate surface area is 143 Å². The van der Waals surface area contributed by atoms with Crippen LogP contribution in [0, 0.1) is 0 Å². The first-order valence-electron chi connectivity index (χ1n) is 6.82. The SMILES string of the molecule is Oc1ccc2ccccc2n1.Oc1ccc2ccccc2n1.[Cu]. The molecule has 2 aromatic heterocycles. The molecule has 0 atom stereocenters. The van der Waals surface area contributed by atoms with Crippen LogP contribution < -0.4 is 0 Å². The molecule has 5 heteroatoms. The molecule has 2 aromatic carbocycles. The summed E-state index contributed by atoms with van der Waals surface area (Å²) in [7, 11) is 0. The van der Waals surface area contributed by atoms with Gasteiger partial charge in [-0.15, -0.1) is 0 Å². The van der Waals surface area contributed by atoms with E-state index < -0.39 is 0 Å². The van der Waals surface area contributed by atoms with Crippen molar-refractivity contribution < 1.29 is 27.3 Å². The molecule has 4 aromatic rings. The summed E-state index contributed by atoms with van der Waals surface area (Å²) >= 11 is 0. The van der Waals surface area contributed by atoms with E-state index in [9.17, 15) is 0 Å². The fraction of sp³-hybridized carbons (Fsp3) is 0. The van der Waals surface area contributed by atoms with Gasteiger partial charge < -0.3 is 10.2 Å². The molecular formula is C18H14CuN2O2. The summed E-state index contributed by atoms with van der Waals surface area (Å²) in [4.78, 5) is 7.86. The zero-order valence-corrected chi connectivity index (χ0v) is 13.0. The van der Waals surface area contributed by atoms with Gasteiger partial charge in [-0.2, -0.15) is 0 Å². The molecule has 23 heavy (non-hydrogen) atoms. The van der Waals surface area contributed by atoms with E-state index in [1.807, 2.05) is 60.7 Å². The van der Waals surface area contributed by atoms with Crippen molar-refractivity contribution in [2.24, 2.45) is 0 Å². The zero-order valence-electron chi connectivity index (χ0n) is 12.0. The number of aromatic hydroxyl groups is 2. The second-order valence-corrected chi connectivity index (χ2v) is 4.72. The maximum absolute atomic E-state index is 9.02. The Kier molecular flexibility index (Phi) is 5.52. The largest absolute Gasteiger partial charge is 0.493 e. The van der Waals surface area contributed by atoms with Crippen molar-refractivity contribution in [1.29, 1.82) is 0 Å². The zero-order chi connectivity index (χ0) is 15.4. The molecule has 0 saturated carbocycles. The molecule has 0 saturated heterocycles. The molecule has 2 N–H and O–H groups in total. The number of benzene rings is 2. The van der Waals surface area contributed by atoms with Crippen LogP contribution in [0.4, 0.5) is 0 Å². The first-order valence-corrected chi connectivity index (χ1v) is 6.82. The van der Waals surface area contributed by atoms with E-state index in [2.05, 4.69) is 9.97 Å². The number of hydrogen-bond acceptors (Lipinski definition) is 4. The molecule has 1 radical (unpaired) electrons. The van der Waals surface area contributed by atoms with Crippen molar-refractivity contribution in [2.75, 3.05) is 0 Å². The van der Waals surface area contributed by atoms with E-state index in [4.69, 9.17) is 10.2 Å². The van der Waals surface area contributed by atoms with E-state index in [1.54, 1.807) is 12.1 Å². The monoisotopic (exact) mass is 353 g/mol. The van der Waals surface area contributed by atoms with Crippen LogP contribution in [0.2, 0.25) is 0 Å². The molecule has 0 aliphatic carbocycles. The van der Waals surface area contributed by atoms with Gasteiger partial charge in [-0.3, -0.25) is 0 Å². The van der Waals surface area contributed by atoms with E-state index >= 15 is 0 Å². The third-order valence-electron chi connectivity index (χ3n) is 3.17. The molecule has 0 aliphatic rings. The predicted molar refractivity (Wildman–Crippen MR) is 86.8 cm³/mol. The summed E-state index contributed by atoms with van der Waals surface area (Å²) in [5.74, 6) is 0.146. The minimum absolute atomic E-state index is 0. The summed E-state index contributed by atoms with van der Waals surface area (Å²) in [6.07, 6.45) is 0. The van der Waals surface area contributed by atoms with Gasteiger partial charge >= 0.3 is 0 Å². The van der Waals surface area contributed by atoms with Crippen LogP contribution in [0.1, 0.15) is 0 Å². The molecule has 119 valence electrons. The molecular weight excluding hydrogens is 340 g/mol. The van der Waals surface area contributed by atoms with Crippen molar-refractivity contribution in [1.82, 2.24) is 9.97 Å². The van der Waals surface area contributed by atoms with Gasteiger partial charge in [0.25, 0.3) is 0 Å². The fourth-order valence-corrected chi connectivity index (χ4v) is 2.11. The number of hydrogen-bond donors (Lipinski definition) is 2. The van der Waals surface area contributed by atoms with E-state index in [1.165, 1.54) is 0 Å². The molecule has 4 nitrogen and oxygen atoms in total. The van der Waals surface area contributed by atoms with Crippen molar-refractivity contribution in [3.8, 4) is 11.8 Å². The van der Waals surface area contributed by atoms with E-state index in [-0.39, 0.29) is 28.8 Å². The van der Waals surface area contributed by atoms with Gasteiger partial charge in [0, 0.05) is 40.0 Å².